The normalized spacial score (nSPS) is 11.2. The summed E-state index contributed by atoms with van der Waals surface area (Å²) >= 11 is 0. The van der Waals surface area contributed by atoms with Crippen molar-refractivity contribution in [3.8, 4) is 28.7 Å². The zero-order valence-corrected chi connectivity index (χ0v) is 23.2. The molecule has 0 aliphatic carbocycles. The van der Waals surface area contributed by atoms with Crippen molar-refractivity contribution in [2.45, 2.75) is 53.2 Å². The highest BCUT2D eigenvalue weighted by Gasteiger charge is 2.32. The molecule has 0 saturated heterocycles. The van der Waals surface area contributed by atoms with Crippen molar-refractivity contribution in [3.05, 3.63) is 95.4 Å². The molecule has 0 spiro atoms. The van der Waals surface area contributed by atoms with Crippen LogP contribution in [0.15, 0.2) is 77.4 Å². The third-order valence-corrected chi connectivity index (χ3v) is 5.99. The van der Waals surface area contributed by atoms with E-state index in [9.17, 15) is 4.79 Å². The van der Waals surface area contributed by atoms with E-state index in [1.807, 2.05) is 74.5 Å². The molecule has 7 nitrogen and oxygen atoms in total. The van der Waals surface area contributed by atoms with E-state index in [0.29, 0.717) is 30.4 Å². The minimum absolute atomic E-state index is 0.234. The molecule has 0 bridgehead atoms. The standard InChI is InChI=1S/C32H35NO6/c1-6-35-31(34)32(4,5)39-29-14-13-28(19-25(29)20-37-27-12-8-10-23(3)18-27)36-16-15-26-21-38-30(33-26)24-11-7-9-22(2)17-24/h7-14,17-19,21H,6,15-16,20H2,1-5H3. The first-order valence-corrected chi connectivity index (χ1v) is 13.1. The van der Waals surface area contributed by atoms with E-state index in [1.165, 1.54) is 0 Å². The molecule has 204 valence electrons. The largest absolute Gasteiger partial charge is 0.493 e. The Labute approximate surface area is 229 Å². The van der Waals surface area contributed by atoms with Crippen LogP contribution in [0.3, 0.4) is 0 Å². The number of aromatic nitrogens is 1. The molecule has 4 aromatic rings. The molecule has 39 heavy (non-hydrogen) atoms. The van der Waals surface area contributed by atoms with Gasteiger partial charge >= 0.3 is 5.97 Å². The van der Waals surface area contributed by atoms with Crippen molar-refractivity contribution in [1.82, 2.24) is 4.98 Å². The zero-order chi connectivity index (χ0) is 27.8. The van der Waals surface area contributed by atoms with E-state index < -0.39 is 11.6 Å². The molecule has 0 amide bonds. The van der Waals surface area contributed by atoms with Crippen LogP contribution in [0.5, 0.6) is 17.2 Å². The van der Waals surface area contributed by atoms with Gasteiger partial charge in [-0.1, -0.05) is 29.8 Å². The lowest BCUT2D eigenvalue weighted by Crippen LogP contribution is -2.40. The van der Waals surface area contributed by atoms with Gasteiger partial charge in [0.2, 0.25) is 5.89 Å². The minimum atomic E-state index is -1.17. The van der Waals surface area contributed by atoms with Gasteiger partial charge in [0, 0.05) is 17.5 Å². The zero-order valence-electron chi connectivity index (χ0n) is 23.2. The number of carbonyl (C=O) groups is 1. The molecule has 0 aliphatic heterocycles. The molecule has 0 unspecified atom stereocenters. The van der Waals surface area contributed by atoms with E-state index in [1.54, 1.807) is 33.1 Å². The van der Waals surface area contributed by atoms with Crippen molar-refractivity contribution < 1.29 is 28.2 Å². The number of aryl methyl sites for hydroxylation is 2. The van der Waals surface area contributed by atoms with Crippen LogP contribution in [0.1, 0.15) is 43.2 Å². The predicted molar refractivity (Wildman–Crippen MR) is 149 cm³/mol. The Balaban J connectivity index is 1.45. The Morgan fingerprint density at radius 3 is 2.41 bits per heavy atom. The SMILES string of the molecule is CCOC(=O)C(C)(C)Oc1ccc(OCCc2coc(-c3cccc(C)c3)n2)cc1COc1cccc(C)c1. The summed E-state index contributed by atoms with van der Waals surface area (Å²) in [6.45, 7) is 10.1. The first-order chi connectivity index (χ1) is 18.7. The summed E-state index contributed by atoms with van der Waals surface area (Å²) in [5.74, 6) is 2.07. The first-order valence-electron chi connectivity index (χ1n) is 13.1. The van der Waals surface area contributed by atoms with E-state index in [-0.39, 0.29) is 13.2 Å². The predicted octanol–water partition coefficient (Wildman–Crippen LogP) is 6.88. The molecule has 0 radical (unpaired) electrons. The third-order valence-electron chi connectivity index (χ3n) is 5.99. The molecule has 4 rings (SSSR count). The maximum atomic E-state index is 12.4. The van der Waals surface area contributed by atoms with Crippen LogP contribution < -0.4 is 14.2 Å². The van der Waals surface area contributed by atoms with Crippen molar-refractivity contribution in [2.75, 3.05) is 13.2 Å². The van der Waals surface area contributed by atoms with Gasteiger partial charge in [0.1, 0.15) is 30.1 Å². The summed E-state index contributed by atoms with van der Waals surface area (Å²) in [7, 11) is 0. The first kappa shape index (κ1) is 27.8. The fraction of sp³-hybridized carbons (Fsp3) is 0.312. The topological polar surface area (TPSA) is 80.0 Å². The van der Waals surface area contributed by atoms with Crippen LogP contribution in [0.2, 0.25) is 0 Å². The van der Waals surface area contributed by atoms with Crippen molar-refractivity contribution >= 4 is 5.97 Å². The monoisotopic (exact) mass is 529 g/mol. The van der Waals surface area contributed by atoms with E-state index in [2.05, 4.69) is 4.98 Å². The van der Waals surface area contributed by atoms with Gasteiger partial charge in [-0.25, -0.2) is 9.78 Å². The number of hydrogen-bond acceptors (Lipinski definition) is 7. The Hall–Kier alpha value is -4.26. The number of esters is 1. The number of oxazole rings is 1. The van der Waals surface area contributed by atoms with Gasteiger partial charge in [0.05, 0.1) is 18.9 Å². The van der Waals surface area contributed by atoms with Crippen molar-refractivity contribution in [2.24, 2.45) is 0 Å². The number of nitrogens with zero attached hydrogens (tertiary/aromatic N) is 1. The average Bonchev–Trinajstić information content (AvgIpc) is 3.38. The second kappa shape index (κ2) is 12.5. The fourth-order valence-corrected chi connectivity index (χ4v) is 3.95. The van der Waals surface area contributed by atoms with Gasteiger partial charge in [0.25, 0.3) is 0 Å². The van der Waals surface area contributed by atoms with Gasteiger partial charge in [-0.2, -0.15) is 0 Å². The molecule has 1 heterocycles. The molecule has 7 heteroatoms. The smallest absolute Gasteiger partial charge is 0.349 e. The Kier molecular flexibility index (Phi) is 8.92. The molecule has 0 fully saturated rings. The summed E-state index contributed by atoms with van der Waals surface area (Å²) in [6, 6.07) is 21.3. The van der Waals surface area contributed by atoms with Crippen LogP contribution >= 0.6 is 0 Å². The number of ether oxygens (including phenoxy) is 4. The van der Waals surface area contributed by atoms with Crippen molar-refractivity contribution in [1.29, 1.82) is 0 Å². The van der Waals surface area contributed by atoms with Crippen LogP contribution in [-0.2, 0) is 22.6 Å². The summed E-state index contributed by atoms with van der Waals surface area (Å²) in [5.41, 5.74) is 3.58. The van der Waals surface area contributed by atoms with Crippen molar-refractivity contribution in [3.63, 3.8) is 0 Å². The van der Waals surface area contributed by atoms with Crippen LogP contribution in [-0.4, -0.2) is 29.8 Å². The van der Waals surface area contributed by atoms with Gasteiger partial charge in [-0.05, 0) is 82.6 Å². The molecule has 1 aromatic heterocycles. The Morgan fingerprint density at radius 2 is 1.67 bits per heavy atom. The Morgan fingerprint density at radius 1 is 0.923 bits per heavy atom. The summed E-state index contributed by atoms with van der Waals surface area (Å²) in [6.07, 6.45) is 2.25. The van der Waals surface area contributed by atoms with Gasteiger partial charge < -0.3 is 23.4 Å². The number of benzene rings is 3. The molecule has 0 N–H and O–H groups in total. The highest BCUT2D eigenvalue weighted by molar-refractivity contribution is 5.79. The van der Waals surface area contributed by atoms with Crippen LogP contribution in [0, 0.1) is 13.8 Å². The minimum Gasteiger partial charge on any atom is -0.493 e. The number of carbonyl (C=O) groups excluding carboxylic acids is 1. The van der Waals surface area contributed by atoms with E-state index in [4.69, 9.17) is 23.4 Å². The summed E-state index contributed by atoms with van der Waals surface area (Å²) in [5, 5.41) is 0. The summed E-state index contributed by atoms with van der Waals surface area (Å²) in [4.78, 5) is 17.0. The average molecular weight is 530 g/mol. The molecule has 0 aliphatic rings. The molecule has 3 aromatic carbocycles. The van der Waals surface area contributed by atoms with E-state index in [0.717, 1.165) is 33.7 Å². The Bertz CT molecular complexity index is 1410. The lowest BCUT2D eigenvalue weighted by atomic mass is 10.1. The molecule has 0 atom stereocenters. The van der Waals surface area contributed by atoms with Gasteiger partial charge in [0.15, 0.2) is 5.60 Å². The molecular formula is C32H35NO6. The maximum absolute atomic E-state index is 12.4. The van der Waals surface area contributed by atoms with Crippen LogP contribution in [0.25, 0.3) is 11.5 Å². The summed E-state index contributed by atoms with van der Waals surface area (Å²) < 4.78 is 29.0. The number of hydrogen-bond donors (Lipinski definition) is 0. The molecular weight excluding hydrogens is 494 g/mol. The second-order valence-corrected chi connectivity index (χ2v) is 9.82. The molecule has 0 saturated carbocycles. The van der Waals surface area contributed by atoms with Gasteiger partial charge in [-0.15, -0.1) is 0 Å². The maximum Gasteiger partial charge on any atom is 0.349 e. The van der Waals surface area contributed by atoms with E-state index >= 15 is 0 Å². The lowest BCUT2D eigenvalue weighted by Gasteiger charge is -2.26. The number of rotatable bonds is 12. The highest BCUT2D eigenvalue weighted by Crippen LogP contribution is 2.30. The van der Waals surface area contributed by atoms with Crippen LogP contribution in [0.4, 0.5) is 0 Å². The third kappa shape index (κ3) is 7.63. The fourth-order valence-electron chi connectivity index (χ4n) is 3.95. The quantitative estimate of drug-likeness (QED) is 0.185. The lowest BCUT2D eigenvalue weighted by molar-refractivity contribution is -0.158. The van der Waals surface area contributed by atoms with Gasteiger partial charge in [-0.3, -0.25) is 0 Å². The highest BCUT2D eigenvalue weighted by atomic mass is 16.6. The second-order valence-electron chi connectivity index (χ2n) is 9.82.